The largest absolute Gasteiger partial charge is 0.327 e. The van der Waals surface area contributed by atoms with E-state index >= 15 is 0 Å². The van der Waals surface area contributed by atoms with Gasteiger partial charge in [0.25, 0.3) is 0 Å². The Hall–Kier alpha value is -0.0400. The fourth-order valence-corrected chi connectivity index (χ4v) is 3.25. The van der Waals surface area contributed by atoms with Gasteiger partial charge < -0.3 is 5.73 Å². The molecule has 3 saturated carbocycles. The van der Waals surface area contributed by atoms with Gasteiger partial charge in [-0.1, -0.05) is 0 Å². The van der Waals surface area contributed by atoms with E-state index in [1.807, 2.05) is 0 Å². The van der Waals surface area contributed by atoms with Crippen LogP contribution in [0.5, 0.6) is 0 Å². The quantitative estimate of drug-likeness (QED) is 0.510. The summed E-state index contributed by atoms with van der Waals surface area (Å²) >= 11 is 0. The highest BCUT2D eigenvalue weighted by molar-refractivity contribution is 5.14. The third-order valence-corrected chi connectivity index (χ3v) is 3.76. The first-order chi connectivity index (χ1) is 4.38. The highest BCUT2D eigenvalue weighted by Crippen LogP contribution is 2.68. The van der Waals surface area contributed by atoms with Crippen LogP contribution in [0.15, 0.2) is 0 Å². The van der Waals surface area contributed by atoms with Gasteiger partial charge in [0.2, 0.25) is 0 Å². The lowest BCUT2D eigenvalue weighted by Gasteiger charge is -2.31. The highest BCUT2D eigenvalue weighted by atomic mass is 14.8. The topological polar surface area (TPSA) is 26.0 Å². The van der Waals surface area contributed by atoms with E-state index in [4.69, 9.17) is 5.73 Å². The van der Waals surface area contributed by atoms with Crippen molar-refractivity contribution in [2.45, 2.75) is 25.3 Å². The average molecular weight is 123 g/mol. The zero-order valence-corrected chi connectivity index (χ0v) is 5.59. The summed E-state index contributed by atoms with van der Waals surface area (Å²) in [5.41, 5.74) is 5.94. The molecule has 0 spiro atoms. The van der Waals surface area contributed by atoms with E-state index in [9.17, 15) is 0 Å². The third kappa shape index (κ3) is 0.389. The lowest BCUT2D eigenvalue weighted by atomic mass is 9.75. The summed E-state index contributed by atoms with van der Waals surface area (Å²) in [6, 6.07) is 0.596. The van der Waals surface area contributed by atoms with Crippen molar-refractivity contribution in [1.82, 2.24) is 0 Å². The first-order valence-electron chi connectivity index (χ1n) is 4.13. The van der Waals surface area contributed by atoms with Crippen LogP contribution in [0, 0.1) is 23.7 Å². The van der Waals surface area contributed by atoms with Crippen LogP contribution in [0.25, 0.3) is 0 Å². The summed E-state index contributed by atoms with van der Waals surface area (Å²) in [5, 5.41) is 0. The normalized spacial score (nSPS) is 68.3. The first-order valence-corrected chi connectivity index (χ1v) is 4.13. The molecule has 3 fully saturated rings. The Balaban J connectivity index is 1.89. The van der Waals surface area contributed by atoms with Gasteiger partial charge in [-0.2, -0.15) is 0 Å². The van der Waals surface area contributed by atoms with E-state index in [2.05, 4.69) is 0 Å². The Morgan fingerprint density at radius 3 is 2.67 bits per heavy atom. The molecule has 3 rings (SSSR count). The second-order valence-corrected chi connectivity index (χ2v) is 4.05. The number of nitrogens with two attached hydrogens (primary N) is 1. The van der Waals surface area contributed by atoms with E-state index in [1.54, 1.807) is 0 Å². The molecule has 0 aromatic carbocycles. The van der Waals surface area contributed by atoms with Crippen molar-refractivity contribution in [1.29, 1.82) is 0 Å². The van der Waals surface area contributed by atoms with Gasteiger partial charge in [0.05, 0.1) is 0 Å². The number of hydrogen-bond acceptors (Lipinski definition) is 1. The van der Waals surface area contributed by atoms with E-state index in [1.165, 1.54) is 19.3 Å². The van der Waals surface area contributed by atoms with Crippen LogP contribution in [0.2, 0.25) is 0 Å². The van der Waals surface area contributed by atoms with Crippen molar-refractivity contribution >= 4 is 0 Å². The molecule has 0 saturated heterocycles. The molecule has 0 aliphatic heterocycles. The maximum absolute atomic E-state index is 5.94. The molecule has 5 atom stereocenters. The second kappa shape index (κ2) is 1.20. The maximum Gasteiger partial charge on any atom is 0.00727 e. The van der Waals surface area contributed by atoms with Gasteiger partial charge in [-0.3, -0.25) is 0 Å². The molecule has 0 amide bonds. The molecule has 1 nitrogen and oxygen atoms in total. The molecule has 1 heteroatoms. The predicted molar refractivity (Wildman–Crippen MR) is 35.8 cm³/mol. The van der Waals surface area contributed by atoms with E-state index in [-0.39, 0.29) is 0 Å². The number of hydrogen-bond donors (Lipinski definition) is 1. The Morgan fingerprint density at radius 2 is 1.89 bits per heavy atom. The zero-order chi connectivity index (χ0) is 6.01. The molecule has 0 aromatic rings. The van der Waals surface area contributed by atoms with Crippen LogP contribution in [0.3, 0.4) is 0 Å². The molecular formula is C8H13N. The third-order valence-electron chi connectivity index (χ3n) is 3.76. The van der Waals surface area contributed by atoms with Crippen molar-refractivity contribution in [2.24, 2.45) is 29.4 Å². The number of fused-ring (bicyclic) bond motifs is 4. The van der Waals surface area contributed by atoms with Crippen molar-refractivity contribution in [3.8, 4) is 0 Å². The van der Waals surface area contributed by atoms with Gasteiger partial charge in [-0.25, -0.2) is 0 Å². The predicted octanol–water partition coefficient (Wildman–Crippen LogP) is 0.990. The minimum absolute atomic E-state index is 0.596. The minimum Gasteiger partial charge on any atom is -0.327 e. The summed E-state index contributed by atoms with van der Waals surface area (Å²) < 4.78 is 0. The minimum atomic E-state index is 0.596. The molecule has 50 valence electrons. The second-order valence-electron chi connectivity index (χ2n) is 4.05. The molecule has 0 aromatic heterocycles. The van der Waals surface area contributed by atoms with Crippen LogP contribution in [-0.2, 0) is 0 Å². The molecule has 3 aliphatic rings. The van der Waals surface area contributed by atoms with Gasteiger partial charge >= 0.3 is 0 Å². The van der Waals surface area contributed by atoms with E-state index in [0.717, 1.165) is 23.7 Å². The molecule has 4 unspecified atom stereocenters. The van der Waals surface area contributed by atoms with Gasteiger partial charge in [0, 0.05) is 6.04 Å². The summed E-state index contributed by atoms with van der Waals surface area (Å²) in [4.78, 5) is 0. The zero-order valence-electron chi connectivity index (χ0n) is 5.59. The summed E-state index contributed by atoms with van der Waals surface area (Å²) in [6.07, 6.45) is 4.30. The van der Waals surface area contributed by atoms with E-state index in [0.29, 0.717) is 6.04 Å². The van der Waals surface area contributed by atoms with Gasteiger partial charge in [0.1, 0.15) is 0 Å². The Bertz CT molecular complexity index is 155. The lowest BCUT2D eigenvalue weighted by molar-refractivity contribution is 0.179. The molecule has 9 heavy (non-hydrogen) atoms. The lowest BCUT2D eigenvalue weighted by Crippen LogP contribution is -2.36. The van der Waals surface area contributed by atoms with Crippen LogP contribution in [0.1, 0.15) is 19.3 Å². The Labute approximate surface area is 55.6 Å². The van der Waals surface area contributed by atoms with Crippen LogP contribution < -0.4 is 5.73 Å². The van der Waals surface area contributed by atoms with E-state index < -0.39 is 0 Å². The van der Waals surface area contributed by atoms with Crippen LogP contribution in [-0.4, -0.2) is 6.04 Å². The monoisotopic (exact) mass is 123 g/mol. The Morgan fingerprint density at radius 1 is 1.00 bits per heavy atom. The van der Waals surface area contributed by atoms with Gasteiger partial charge in [-0.15, -0.1) is 0 Å². The van der Waals surface area contributed by atoms with Crippen molar-refractivity contribution < 1.29 is 0 Å². The summed E-state index contributed by atoms with van der Waals surface area (Å²) in [6.45, 7) is 0. The average Bonchev–Trinajstić information content (AvgIpc) is 2.38. The first kappa shape index (κ1) is 4.73. The van der Waals surface area contributed by atoms with Gasteiger partial charge in [0.15, 0.2) is 0 Å². The standard InChI is InChI=1S/C8H13N/c9-7-2-1-4-5-3-6(5)8(4)7/h4-8H,1-3,9H2/t4?,5?,6?,7?,8-/m0/s1. The molecule has 0 bridgehead atoms. The molecule has 0 radical (unpaired) electrons. The smallest absolute Gasteiger partial charge is 0.00727 e. The SMILES string of the molecule is NC1CCC2C3CC3[C@@H]12. The van der Waals surface area contributed by atoms with Crippen molar-refractivity contribution in [3.63, 3.8) is 0 Å². The maximum atomic E-state index is 5.94. The molecule has 2 N–H and O–H groups in total. The fourth-order valence-electron chi connectivity index (χ4n) is 3.25. The Kier molecular flexibility index (Phi) is 0.628. The summed E-state index contributed by atoms with van der Waals surface area (Å²) in [5.74, 6) is 4.33. The van der Waals surface area contributed by atoms with Crippen LogP contribution in [0.4, 0.5) is 0 Å². The fraction of sp³-hybridized carbons (Fsp3) is 1.00. The highest BCUT2D eigenvalue weighted by Gasteiger charge is 2.64. The molecule has 0 heterocycles. The van der Waals surface area contributed by atoms with Crippen molar-refractivity contribution in [3.05, 3.63) is 0 Å². The van der Waals surface area contributed by atoms with Crippen LogP contribution >= 0.6 is 0 Å². The summed E-state index contributed by atoms with van der Waals surface area (Å²) in [7, 11) is 0. The number of rotatable bonds is 0. The van der Waals surface area contributed by atoms with Gasteiger partial charge in [-0.05, 0) is 42.9 Å². The molecular weight excluding hydrogens is 110 g/mol. The molecule has 3 aliphatic carbocycles. The van der Waals surface area contributed by atoms with Crippen molar-refractivity contribution in [2.75, 3.05) is 0 Å².